The highest BCUT2D eigenvalue weighted by Crippen LogP contribution is 2.12. The van der Waals surface area contributed by atoms with Gasteiger partial charge in [-0.05, 0) is 6.42 Å². The van der Waals surface area contributed by atoms with E-state index in [-0.39, 0.29) is 12.2 Å². The van der Waals surface area contributed by atoms with Crippen LogP contribution in [0.3, 0.4) is 0 Å². The first kappa shape index (κ1) is 6.99. The van der Waals surface area contributed by atoms with E-state index in [9.17, 15) is 0 Å². The normalized spacial score (nSPS) is 35.3. The third-order valence-corrected chi connectivity index (χ3v) is 1.51. The third-order valence-electron chi connectivity index (χ3n) is 1.51. The molecule has 1 aliphatic rings. The zero-order valence-corrected chi connectivity index (χ0v) is 5.54. The fourth-order valence-electron chi connectivity index (χ4n) is 0.961. The number of hydrogen-bond acceptors (Lipinski definition) is 3. The van der Waals surface area contributed by atoms with E-state index in [1.165, 1.54) is 0 Å². The Morgan fingerprint density at radius 3 is 3.00 bits per heavy atom. The maximum atomic E-state index is 9.12. The maximum Gasteiger partial charge on any atom is 0.107 e. The highest BCUT2D eigenvalue weighted by molar-refractivity contribution is 4.73. The maximum absolute atomic E-state index is 9.12. The predicted molar refractivity (Wildman–Crippen MR) is 32.2 cm³/mol. The summed E-state index contributed by atoms with van der Waals surface area (Å²) in [5.74, 6) is 0. The molecule has 0 bridgehead atoms. The molecular formula is C6H12O3. The Balaban J connectivity index is 2.22. The molecule has 0 aromatic carbocycles. The molecule has 1 N–H and O–H groups in total. The second-order valence-electron chi connectivity index (χ2n) is 2.22. The molecule has 0 aliphatic carbocycles. The van der Waals surface area contributed by atoms with Gasteiger partial charge in [-0.25, -0.2) is 0 Å². The minimum absolute atomic E-state index is 0.0880. The van der Waals surface area contributed by atoms with Crippen LogP contribution in [0.5, 0.6) is 0 Å². The van der Waals surface area contributed by atoms with Crippen LogP contribution in [0.15, 0.2) is 0 Å². The van der Waals surface area contributed by atoms with Gasteiger partial charge in [0.1, 0.15) is 6.10 Å². The van der Waals surface area contributed by atoms with Crippen LogP contribution < -0.4 is 0 Å². The minimum atomic E-state index is -0.315. The first-order valence-electron chi connectivity index (χ1n) is 3.13. The van der Waals surface area contributed by atoms with Crippen LogP contribution in [0.4, 0.5) is 0 Å². The van der Waals surface area contributed by atoms with Gasteiger partial charge in [0.2, 0.25) is 0 Å². The molecule has 2 atom stereocenters. The van der Waals surface area contributed by atoms with Crippen molar-refractivity contribution in [2.45, 2.75) is 18.6 Å². The molecule has 0 radical (unpaired) electrons. The number of ether oxygens (including phenoxy) is 2. The highest BCUT2D eigenvalue weighted by Gasteiger charge is 2.25. The van der Waals surface area contributed by atoms with Gasteiger partial charge in [0.25, 0.3) is 0 Å². The van der Waals surface area contributed by atoms with Crippen molar-refractivity contribution in [1.29, 1.82) is 0 Å². The van der Waals surface area contributed by atoms with Crippen LogP contribution in [0.1, 0.15) is 6.42 Å². The molecule has 0 aromatic rings. The Kier molecular flexibility index (Phi) is 2.45. The van der Waals surface area contributed by atoms with Gasteiger partial charge < -0.3 is 14.6 Å². The van der Waals surface area contributed by atoms with E-state index < -0.39 is 0 Å². The molecular weight excluding hydrogens is 120 g/mol. The number of aliphatic hydroxyl groups excluding tert-OH is 1. The number of rotatable bonds is 2. The van der Waals surface area contributed by atoms with E-state index in [1.54, 1.807) is 7.11 Å². The van der Waals surface area contributed by atoms with Gasteiger partial charge in [-0.3, -0.25) is 0 Å². The standard InChI is InChI=1S/C6H12O3/c1-8-4-6-5(7)2-3-9-6/h5-7H,2-4H2,1H3/t5-,6-/m1/s1. The summed E-state index contributed by atoms with van der Waals surface area (Å²) < 4.78 is 9.94. The van der Waals surface area contributed by atoms with Crippen LogP contribution in [0.2, 0.25) is 0 Å². The summed E-state index contributed by atoms with van der Waals surface area (Å²) in [5.41, 5.74) is 0. The summed E-state index contributed by atoms with van der Waals surface area (Å²) in [6.45, 7) is 1.16. The zero-order valence-electron chi connectivity index (χ0n) is 5.54. The van der Waals surface area contributed by atoms with Crippen molar-refractivity contribution in [3.8, 4) is 0 Å². The van der Waals surface area contributed by atoms with Crippen LogP contribution in [0, 0.1) is 0 Å². The summed E-state index contributed by atoms with van der Waals surface area (Å²) in [5, 5.41) is 9.12. The number of aliphatic hydroxyl groups is 1. The molecule has 1 rings (SSSR count). The van der Waals surface area contributed by atoms with Gasteiger partial charge >= 0.3 is 0 Å². The fourth-order valence-corrected chi connectivity index (χ4v) is 0.961. The Hall–Kier alpha value is -0.120. The summed E-state index contributed by atoms with van der Waals surface area (Å²) in [6, 6.07) is 0. The number of hydrogen-bond donors (Lipinski definition) is 1. The third kappa shape index (κ3) is 1.64. The van der Waals surface area contributed by atoms with Crippen LogP contribution in [-0.4, -0.2) is 37.6 Å². The molecule has 54 valence electrons. The molecule has 3 nitrogen and oxygen atoms in total. The molecule has 3 heteroatoms. The minimum Gasteiger partial charge on any atom is -0.390 e. The van der Waals surface area contributed by atoms with Gasteiger partial charge in [-0.2, -0.15) is 0 Å². The van der Waals surface area contributed by atoms with Crippen molar-refractivity contribution in [3.05, 3.63) is 0 Å². The average Bonchev–Trinajstić information content (AvgIpc) is 2.18. The molecule has 1 aliphatic heterocycles. The highest BCUT2D eigenvalue weighted by atomic mass is 16.5. The Bertz CT molecular complexity index is 84.4. The van der Waals surface area contributed by atoms with Gasteiger partial charge in [0, 0.05) is 13.7 Å². The average molecular weight is 132 g/mol. The van der Waals surface area contributed by atoms with E-state index in [0.29, 0.717) is 13.2 Å². The largest absolute Gasteiger partial charge is 0.390 e. The van der Waals surface area contributed by atoms with Gasteiger partial charge in [-0.1, -0.05) is 0 Å². The summed E-state index contributed by atoms with van der Waals surface area (Å²) in [7, 11) is 1.61. The second-order valence-corrected chi connectivity index (χ2v) is 2.22. The zero-order chi connectivity index (χ0) is 6.69. The molecule has 9 heavy (non-hydrogen) atoms. The van der Waals surface area contributed by atoms with E-state index in [0.717, 1.165) is 6.42 Å². The van der Waals surface area contributed by atoms with Crippen molar-refractivity contribution in [2.24, 2.45) is 0 Å². The lowest BCUT2D eigenvalue weighted by Gasteiger charge is -2.10. The molecule has 1 fully saturated rings. The van der Waals surface area contributed by atoms with E-state index >= 15 is 0 Å². The Morgan fingerprint density at radius 2 is 2.56 bits per heavy atom. The second kappa shape index (κ2) is 3.15. The van der Waals surface area contributed by atoms with Crippen molar-refractivity contribution >= 4 is 0 Å². The van der Waals surface area contributed by atoms with Crippen LogP contribution >= 0.6 is 0 Å². The molecule has 0 saturated carbocycles. The monoisotopic (exact) mass is 132 g/mol. The summed E-state index contributed by atoms with van der Waals surface area (Å²) in [6.07, 6.45) is 0.341. The topological polar surface area (TPSA) is 38.7 Å². The number of methoxy groups -OCH3 is 1. The first-order valence-corrected chi connectivity index (χ1v) is 3.13. The lowest BCUT2D eigenvalue weighted by atomic mass is 10.2. The van der Waals surface area contributed by atoms with E-state index in [1.807, 2.05) is 0 Å². The van der Waals surface area contributed by atoms with Crippen LogP contribution in [-0.2, 0) is 9.47 Å². The van der Waals surface area contributed by atoms with Crippen molar-refractivity contribution in [1.82, 2.24) is 0 Å². The van der Waals surface area contributed by atoms with E-state index in [4.69, 9.17) is 14.6 Å². The van der Waals surface area contributed by atoms with Gasteiger partial charge in [0.15, 0.2) is 0 Å². The molecule has 0 aromatic heterocycles. The molecule has 1 heterocycles. The summed E-state index contributed by atoms with van der Waals surface area (Å²) >= 11 is 0. The van der Waals surface area contributed by atoms with Crippen molar-refractivity contribution < 1.29 is 14.6 Å². The molecule has 1 saturated heterocycles. The Labute approximate surface area is 54.6 Å². The lowest BCUT2D eigenvalue weighted by molar-refractivity contribution is -0.0101. The SMILES string of the molecule is COC[C@H]1OCC[C@H]1O. The first-order chi connectivity index (χ1) is 4.34. The quantitative estimate of drug-likeness (QED) is 0.564. The van der Waals surface area contributed by atoms with Crippen LogP contribution in [0.25, 0.3) is 0 Å². The van der Waals surface area contributed by atoms with Gasteiger partial charge in [0.05, 0.1) is 12.7 Å². The van der Waals surface area contributed by atoms with Crippen molar-refractivity contribution in [3.63, 3.8) is 0 Å². The smallest absolute Gasteiger partial charge is 0.107 e. The van der Waals surface area contributed by atoms with Gasteiger partial charge in [-0.15, -0.1) is 0 Å². The Morgan fingerprint density at radius 1 is 1.78 bits per heavy atom. The molecule has 0 spiro atoms. The molecule has 0 amide bonds. The predicted octanol–water partition coefficient (Wildman–Crippen LogP) is -0.217. The fraction of sp³-hybridized carbons (Fsp3) is 1.00. The van der Waals surface area contributed by atoms with Crippen molar-refractivity contribution in [2.75, 3.05) is 20.3 Å². The summed E-state index contributed by atoms with van der Waals surface area (Å²) in [4.78, 5) is 0. The molecule has 0 unspecified atom stereocenters. The lowest BCUT2D eigenvalue weighted by Crippen LogP contribution is -2.25. The van der Waals surface area contributed by atoms with E-state index in [2.05, 4.69) is 0 Å².